The van der Waals surface area contributed by atoms with Crippen LogP contribution in [0.3, 0.4) is 0 Å². The van der Waals surface area contributed by atoms with Gasteiger partial charge < -0.3 is 0 Å². The van der Waals surface area contributed by atoms with Crippen LogP contribution in [0.1, 0.15) is 167 Å². The number of allylic oxidation sites excluding steroid dienone is 6. The molecule has 3 aliphatic rings. The van der Waals surface area contributed by atoms with Crippen molar-refractivity contribution in [2.45, 2.75) is 182 Å². The topological polar surface area (TPSA) is 174 Å². The Labute approximate surface area is 576 Å². The third kappa shape index (κ3) is 28.2. The van der Waals surface area contributed by atoms with Crippen LogP contribution in [-0.2, 0) is 82.5 Å². The monoisotopic (exact) mass is 1790 g/mol. The number of nitrogens with one attached hydrogen (secondary N) is 2. The van der Waals surface area contributed by atoms with Gasteiger partial charge in [0.25, 0.3) is 0 Å². The van der Waals surface area contributed by atoms with E-state index in [1.165, 1.54) is 170 Å². The van der Waals surface area contributed by atoms with Crippen LogP contribution >= 0.6 is 23.5 Å². The van der Waals surface area contributed by atoms with Gasteiger partial charge >= 0.3 is 435 Å². The second-order valence-electron chi connectivity index (χ2n) is 23.6. The SMILES string of the molecule is CONO.C[C-]=C(C)C(COc1ccc(S(=O)(=O)CC2(CONO)CCCC2)cc1)=C(C)[C](C)=[W].C[C-]=C(C)C(COc1ccc(SCC2(C)CCCC2)cc1)=C(C)[C](C)=[W].C[C-]=C(C)C(COc1ccc(SCC2(COO)CCCC2)cc1)=C(C)[C](C)=[W]. The first kappa shape index (κ1) is 80.7. The van der Waals surface area contributed by atoms with Crippen molar-refractivity contribution in [3.63, 3.8) is 0 Å². The van der Waals surface area contributed by atoms with Crippen molar-refractivity contribution in [3.05, 3.63) is 141 Å². The van der Waals surface area contributed by atoms with Crippen molar-refractivity contribution in [1.29, 1.82) is 0 Å². The average molecular weight is 1790 g/mol. The molecule has 3 saturated carbocycles. The molecule has 0 aliphatic heterocycles. The van der Waals surface area contributed by atoms with Crippen molar-refractivity contribution in [1.82, 2.24) is 11.3 Å². The zero-order valence-electron chi connectivity index (χ0n) is 55.1. The molecular formula is C70H99N2O11S3W3-3. The average Bonchev–Trinajstić information content (AvgIpc) is 3.97. The van der Waals surface area contributed by atoms with E-state index in [0.29, 0.717) is 37.6 Å². The van der Waals surface area contributed by atoms with Crippen LogP contribution in [0.2, 0.25) is 0 Å². The van der Waals surface area contributed by atoms with Crippen LogP contribution in [0.5, 0.6) is 17.2 Å². The van der Waals surface area contributed by atoms with Gasteiger partial charge in [0.1, 0.15) is 0 Å². The standard InChI is InChI=1S/C23H32NO5S.C23H31O3S.C23H31OS.CH5NO2.3W/c1-5-18(3)22(19(4)6-2)15-28-20-9-11-21(12-10-20)30(26,27)17-23(16-29-24-25)13-7-8-14-23;1-5-18(3)22(19(4)6-2)15-25-20-9-11-21(12-10-20)27-17-23(16-26-24)13-7-8-14-23;1-6-18(3)22(19(4)7-2)16-24-20-10-12-21(13-11-20)25-17-23(5)14-8-9-15-23;1-4-2-3;;;/h9-12,24-25H,7-8,13-17H2,1-4H3;9-12,24H,7-8,13-17H2,1-4H3;10-13H,8-9,14-17H2,1-5H3;2-3H,1H3;;;/q3*-1;;;;. The summed E-state index contributed by atoms with van der Waals surface area (Å²) in [5, 5.41) is 25.1. The fourth-order valence-corrected chi connectivity index (χ4v) is 16.2. The van der Waals surface area contributed by atoms with E-state index < -0.39 is 15.3 Å². The minimum absolute atomic E-state index is 0.00175. The molecule has 6 rings (SSSR count). The second-order valence-corrected chi connectivity index (χ2v) is 34.3. The van der Waals surface area contributed by atoms with Crippen molar-refractivity contribution < 1.29 is 111 Å². The summed E-state index contributed by atoms with van der Waals surface area (Å²) < 4.78 is 48.3. The number of hydrogen-bond donors (Lipinski definition) is 5. The van der Waals surface area contributed by atoms with Gasteiger partial charge in [0, 0.05) is 0 Å². The van der Waals surface area contributed by atoms with Crippen LogP contribution in [0.25, 0.3) is 0 Å². The fourth-order valence-electron chi connectivity index (χ4n) is 10.6. The van der Waals surface area contributed by atoms with E-state index in [2.05, 4.69) is 127 Å². The Morgan fingerprint density at radius 2 is 0.865 bits per heavy atom. The molecule has 0 aromatic heterocycles. The molecule has 3 aromatic carbocycles. The van der Waals surface area contributed by atoms with Gasteiger partial charge in [-0.15, -0.1) is 0 Å². The van der Waals surface area contributed by atoms with Crippen molar-refractivity contribution in [2.75, 3.05) is 57.4 Å². The molecule has 0 saturated heterocycles. The van der Waals surface area contributed by atoms with Gasteiger partial charge in [0.2, 0.25) is 0 Å². The normalized spacial score (nSPS) is 17.1. The van der Waals surface area contributed by atoms with E-state index in [4.69, 9.17) is 34.7 Å². The fraction of sp³-hybridized carbons (Fsp3) is 0.529. The molecule has 3 aromatic rings. The van der Waals surface area contributed by atoms with Gasteiger partial charge in [-0.05, 0) is 38.5 Å². The first-order valence-corrected chi connectivity index (χ1v) is 38.4. The van der Waals surface area contributed by atoms with Crippen LogP contribution in [-0.4, -0.2) is 93.2 Å². The summed E-state index contributed by atoms with van der Waals surface area (Å²) in [7, 11) is -2.17. The summed E-state index contributed by atoms with van der Waals surface area (Å²) in [6, 6.07) is 23.5. The van der Waals surface area contributed by atoms with E-state index in [1.807, 2.05) is 63.4 Å². The zero-order chi connectivity index (χ0) is 66.2. The molecule has 0 unspecified atom stereocenters. The quantitative estimate of drug-likeness (QED) is 0.0140. The summed E-state index contributed by atoms with van der Waals surface area (Å²) in [5.41, 5.74) is 14.1. The van der Waals surface area contributed by atoms with Gasteiger partial charge in [0.15, 0.2) is 0 Å². The van der Waals surface area contributed by atoms with E-state index >= 15 is 0 Å². The summed E-state index contributed by atoms with van der Waals surface area (Å²) in [4.78, 5) is 16.1. The maximum absolute atomic E-state index is 13.0. The first-order chi connectivity index (χ1) is 42.3. The molecule has 0 radical (unpaired) electrons. The molecule has 5 N–H and O–H groups in total. The number of benzene rings is 3. The maximum atomic E-state index is 13.0. The van der Waals surface area contributed by atoms with E-state index in [0.717, 1.165) is 72.5 Å². The second kappa shape index (κ2) is 42.0. The summed E-state index contributed by atoms with van der Waals surface area (Å²) in [6.45, 7) is 29.5. The van der Waals surface area contributed by atoms with E-state index in [-0.39, 0.29) is 22.7 Å². The predicted molar refractivity (Wildman–Crippen MR) is 354 cm³/mol. The van der Waals surface area contributed by atoms with Crippen LogP contribution in [0.15, 0.2) is 138 Å². The van der Waals surface area contributed by atoms with Crippen molar-refractivity contribution in [2.24, 2.45) is 16.2 Å². The number of hydrogen-bond acceptors (Lipinski definition) is 15. The van der Waals surface area contributed by atoms with Crippen molar-refractivity contribution >= 4 is 45.1 Å². The Kier molecular flexibility index (Phi) is 38.1. The Hall–Kier alpha value is -2.50. The third-order valence-corrected chi connectivity index (χ3v) is 25.2. The zero-order valence-corrected chi connectivity index (χ0v) is 66.4. The molecule has 494 valence electrons. The van der Waals surface area contributed by atoms with E-state index in [1.54, 1.807) is 29.9 Å². The Balaban J connectivity index is 0.000000339. The van der Waals surface area contributed by atoms with Gasteiger partial charge in [0.05, 0.1) is 20.3 Å². The third-order valence-electron chi connectivity index (χ3n) is 17.1. The molecular weight excluding hydrogens is 1690 g/mol. The Morgan fingerprint density at radius 1 is 0.528 bits per heavy atom. The first-order valence-electron chi connectivity index (χ1n) is 30.3. The van der Waals surface area contributed by atoms with Crippen LogP contribution in [0.4, 0.5) is 0 Å². The molecule has 0 amide bonds. The van der Waals surface area contributed by atoms with Crippen molar-refractivity contribution in [3.8, 4) is 17.2 Å². The van der Waals surface area contributed by atoms with Gasteiger partial charge in [-0.2, -0.15) is 0 Å². The molecule has 0 heterocycles. The number of rotatable bonds is 30. The summed E-state index contributed by atoms with van der Waals surface area (Å²) in [6.07, 6.45) is 23.4. The molecule has 89 heavy (non-hydrogen) atoms. The number of sulfone groups is 1. The molecule has 0 spiro atoms. The number of thioether (sulfide) groups is 2. The van der Waals surface area contributed by atoms with E-state index in [9.17, 15) is 8.42 Å². The molecule has 3 fully saturated rings. The molecule has 0 atom stereocenters. The minimum atomic E-state index is -3.49. The van der Waals surface area contributed by atoms with Crippen LogP contribution in [0, 0.1) is 34.5 Å². The van der Waals surface area contributed by atoms with Crippen LogP contribution < -0.4 is 25.5 Å². The molecule has 13 nitrogen and oxygen atoms in total. The van der Waals surface area contributed by atoms with Gasteiger partial charge in [-0.25, -0.2) is 4.89 Å². The Morgan fingerprint density at radius 3 is 1.19 bits per heavy atom. The van der Waals surface area contributed by atoms with Gasteiger partial charge in [-0.3, -0.25) is 25.3 Å². The molecule has 19 heteroatoms. The Bertz CT molecular complexity index is 3010. The molecule has 3 aliphatic carbocycles. The summed E-state index contributed by atoms with van der Waals surface area (Å²) >= 11 is 8.24. The predicted octanol–water partition coefficient (Wildman–Crippen LogP) is 16.3. The summed E-state index contributed by atoms with van der Waals surface area (Å²) in [5.74, 6) is 4.65. The number of ether oxygens (including phenoxy) is 3. The van der Waals surface area contributed by atoms with Gasteiger partial charge in [-0.1, -0.05) is 56.7 Å². The molecule has 0 bridgehead atoms.